The number of anilines is 1. The van der Waals surface area contributed by atoms with E-state index in [1.165, 1.54) is 22.6 Å². The number of hydrogen-bond acceptors (Lipinski definition) is 8. The lowest BCUT2D eigenvalue weighted by Crippen LogP contribution is -2.57. The third-order valence-electron chi connectivity index (χ3n) is 8.75. The van der Waals surface area contributed by atoms with Crippen LogP contribution in [0.3, 0.4) is 0 Å². The molecule has 1 N–H and O–H groups in total. The van der Waals surface area contributed by atoms with Crippen LogP contribution in [0.15, 0.2) is 35.5 Å². The molecule has 8 heteroatoms. The smallest absolute Gasteiger partial charge is 0.133 e. The standard InChI is InChI=1S/C30H46N6OS/c1-22(27-8-6-23(17-32-27)18-36-15-14-34(4)21-30(36,2)3)16-24-19-37-20-26(24)25-7-9-28(38-5)33-29(25)35-12-10-31-11-13-35/h6-9,17,22,24,26,31H,10-16,18-21H2,1-5H3/t22?,24?,26-/m0/s1. The number of nitrogens with one attached hydrogen (secondary N) is 1. The van der Waals surface area contributed by atoms with Crippen LogP contribution in [0.25, 0.3) is 0 Å². The van der Waals surface area contributed by atoms with Crippen molar-refractivity contribution in [3.63, 3.8) is 0 Å². The predicted octanol–water partition coefficient (Wildman–Crippen LogP) is 4.06. The van der Waals surface area contributed by atoms with Crippen LogP contribution in [-0.4, -0.2) is 97.6 Å². The van der Waals surface area contributed by atoms with Gasteiger partial charge in [-0.25, -0.2) is 4.98 Å². The molecular weight excluding hydrogens is 492 g/mol. The zero-order valence-electron chi connectivity index (χ0n) is 23.9. The van der Waals surface area contributed by atoms with Gasteiger partial charge in [-0.3, -0.25) is 9.88 Å². The summed E-state index contributed by atoms with van der Waals surface area (Å²) in [6.45, 7) is 17.0. The number of thioether (sulfide) groups is 1. The summed E-state index contributed by atoms with van der Waals surface area (Å²) >= 11 is 1.72. The van der Waals surface area contributed by atoms with Crippen LogP contribution < -0.4 is 10.2 Å². The minimum absolute atomic E-state index is 0.183. The molecule has 0 aromatic carbocycles. The highest BCUT2D eigenvalue weighted by molar-refractivity contribution is 7.98. The molecule has 0 bridgehead atoms. The first-order valence-electron chi connectivity index (χ1n) is 14.3. The average Bonchev–Trinajstić information content (AvgIpc) is 3.38. The van der Waals surface area contributed by atoms with E-state index >= 15 is 0 Å². The van der Waals surface area contributed by atoms with Crippen LogP contribution in [0, 0.1) is 5.92 Å². The molecule has 3 aliphatic heterocycles. The number of piperazine rings is 2. The van der Waals surface area contributed by atoms with E-state index in [2.05, 4.69) is 84.6 Å². The molecule has 0 spiro atoms. The Morgan fingerprint density at radius 3 is 2.63 bits per heavy atom. The summed E-state index contributed by atoms with van der Waals surface area (Å²) < 4.78 is 6.10. The first-order valence-corrected chi connectivity index (χ1v) is 15.5. The number of likely N-dealkylation sites (N-methyl/N-ethyl adjacent to an activating group) is 1. The second kappa shape index (κ2) is 12.2. The van der Waals surface area contributed by atoms with Crippen molar-refractivity contribution >= 4 is 17.6 Å². The van der Waals surface area contributed by atoms with Crippen LogP contribution >= 0.6 is 11.8 Å². The molecule has 3 fully saturated rings. The highest BCUT2D eigenvalue weighted by atomic mass is 32.2. The number of nitrogens with zero attached hydrogens (tertiary/aromatic N) is 5. The lowest BCUT2D eigenvalue weighted by molar-refractivity contribution is 0.0253. The van der Waals surface area contributed by atoms with Gasteiger partial charge in [-0.2, -0.15) is 0 Å². The monoisotopic (exact) mass is 538 g/mol. The summed E-state index contributed by atoms with van der Waals surface area (Å²) in [6, 6.07) is 9.06. The molecule has 0 saturated carbocycles. The van der Waals surface area contributed by atoms with E-state index < -0.39 is 0 Å². The zero-order valence-corrected chi connectivity index (χ0v) is 24.8. The topological polar surface area (TPSA) is 56.8 Å². The molecule has 2 aromatic rings. The van der Waals surface area contributed by atoms with Crippen molar-refractivity contribution in [1.29, 1.82) is 0 Å². The van der Waals surface area contributed by atoms with Crippen molar-refractivity contribution in [1.82, 2.24) is 25.1 Å². The van der Waals surface area contributed by atoms with Gasteiger partial charge < -0.3 is 19.9 Å². The summed E-state index contributed by atoms with van der Waals surface area (Å²) in [4.78, 5) is 17.5. The molecule has 7 nitrogen and oxygen atoms in total. The van der Waals surface area contributed by atoms with Gasteiger partial charge in [-0.15, -0.1) is 11.8 Å². The zero-order chi connectivity index (χ0) is 26.7. The van der Waals surface area contributed by atoms with Gasteiger partial charge in [0.2, 0.25) is 0 Å². The Morgan fingerprint density at radius 1 is 1.11 bits per heavy atom. The van der Waals surface area contributed by atoms with Crippen LogP contribution in [0.2, 0.25) is 0 Å². The van der Waals surface area contributed by atoms with Crippen LogP contribution in [0.1, 0.15) is 55.8 Å². The van der Waals surface area contributed by atoms with E-state index in [0.717, 1.165) is 77.0 Å². The fourth-order valence-corrected chi connectivity index (χ4v) is 6.87. The molecule has 3 atom stereocenters. The van der Waals surface area contributed by atoms with E-state index in [4.69, 9.17) is 14.7 Å². The first-order chi connectivity index (χ1) is 18.3. The molecule has 208 valence electrons. The third-order valence-corrected chi connectivity index (χ3v) is 9.40. The number of ether oxygens (including phenoxy) is 1. The van der Waals surface area contributed by atoms with Crippen molar-refractivity contribution in [2.75, 3.05) is 77.2 Å². The molecule has 38 heavy (non-hydrogen) atoms. The number of hydrogen-bond donors (Lipinski definition) is 1. The number of rotatable bonds is 8. The highest BCUT2D eigenvalue weighted by Gasteiger charge is 2.35. The average molecular weight is 539 g/mol. The Kier molecular flexibility index (Phi) is 8.95. The van der Waals surface area contributed by atoms with Crippen molar-refractivity contribution in [2.45, 2.75) is 56.1 Å². The summed E-state index contributed by atoms with van der Waals surface area (Å²) in [6.07, 6.45) is 5.29. The quantitative estimate of drug-likeness (QED) is 0.505. The third kappa shape index (κ3) is 6.36. The first kappa shape index (κ1) is 27.8. The van der Waals surface area contributed by atoms with Crippen molar-refractivity contribution in [2.24, 2.45) is 5.92 Å². The Balaban J connectivity index is 1.26. The second-order valence-corrected chi connectivity index (χ2v) is 12.9. The minimum Gasteiger partial charge on any atom is -0.380 e. The molecule has 5 heterocycles. The minimum atomic E-state index is 0.183. The summed E-state index contributed by atoms with van der Waals surface area (Å²) in [5, 5.41) is 4.57. The van der Waals surface area contributed by atoms with Gasteiger partial charge in [0.25, 0.3) is 0 Å². The van der Waals surface area contributed by atoms with Crippen LogP contribution in [0.5, 0.6) is 0 Å². The van der Waals surface area contributed by atoms with Gasteiger partial charge in [0.15, 0.2) is 0 Å². The molecule has 0 aliphatic carbocycles. The summed E-state index contributed by atoms with van der Waals surface area (Å²) in [7, 11) is 2.22. The molecule has 3 aliphatic rings. The Hall–Kier alpha value is -1.71. The maximum Gasteiger partial charge on any atom is 0.133 e. The largest absolute Gasteiger partial charge is 0.380 e. The predicted molar refractivity (Wildman–Crippen MR) is 157 cm³/mol. The van der Waals surface area contributed by atoms with Gasteiger partial charge in [0.05, 0.1) is 18.2 Å². The number of aromatic nitrogens is 2. The van der Waals surface area contributed by atoms with Crippen LogP contribution in [-0.2, 0) is 11.3 Å². The van der Waals surface area contributed by atoms with Crippen LogP contribution in [0.4, 0.5) is 5.82 Å². The molecule has 3 saturated heterocycles. The molecule has 2 unspecified atom stereocenters. The van der Waals surface area contributed by atoms with Gasteiger partial charge in [-0.1, -0.05) is 19.1 Å². The van der Waals surface area contributed by atoms with E-state index in [9.17, 15) is 0 Å². The summed E-state index contributed by atoms with van der Waals surface area (Å²) in [5.41, 5.74) is 4.04. The maximum absolute atomic E-state index is 6.10. The molecule has 5 rings (SSSR count). The van der Waals surface area contributed by atoms with E-state index in [1.54, 1.807) is 11.8 Å². The Labute approximate surface area is 233 Å². The fourth-order valence-electron chi connectivity index (χ4n) is 6.49. The Bertz CT molecular complexity index is 1060. The summed E-state index contributed by atoms with van der Waals surface area (Å²) in [5.74, 6) is 2.41. The fraction of sp³-hybridized carbons (Fsp3) is 0.667. The second-order valence-electron chi connectivity index (χ2n) is 12.1. The highest BCUT2D eigenvalue weighted by Crippen LogP contribution is 2.41. The Morgan fingerprint density at radius 2 is 1.92 bits per heavy atom. The van der Waals surface area contributed by atoms with Gasteiger partial charge >= 0.3 is 0 Å². The van der Waals surface area contributed by atoms with Gasteiger partial charge in [0.1, 0.15) is 5.82 Å². The molecule has 0 radical (unpaired) electrons. The maximum atomic E-state index is 6.10. The van der Waals surface area contributed by atoms with Gasteiger partial charge in [-0.05, 0) is 63.1 Å². The lowest BCUT2D eigenvalue weighted by Gasteiger charge is -2.46. The van der Waals surface area contributed by atoms with Crippen molar-refractivity contribution < 1.29 is 4.74 Å². The molecular formula is C30H46N6OS. The molecule has 2 aromatic heterocycles. The number of pyridine rings is 2. The van der Waals surface area contributed by atoms with Gasteiger partial charge in [0, 0.05) is 81.3 Å². The van der Waals surface area contributed by atoms with E-state index in [1.807, 2.05) is 0 Å². The van der Waals surface area contributed by atoms with Crippen molar-refractivity contribution in [3.8, 4) is 0 Å². The lowest BCUT2D eigenvalue weighted by atomic mass is 9.82. The normalized spacial score (nSPS) is 25.6. The van der Waals surface area contributed by atoms with E-state index in [0.29, 0.717) is 17.8 Å². The van der Waals surface area contributed by atoms with Crippen molar-refractivity contribution in [3.05, 3.63) is 47.3 Å². The van der Waals surface area contributed by atoms with E-state index in [-0.39, 0.29) is 5.54 Å². The SMILES string of the molecule is CSc1ccc([C@H]2COCC2CC(C)c2ccc(CN3CCN(C)CC3(C)C)cn2)c(N2CCNCC2)n1. The molecule has 0 amide bonds.